The van der Waals surface area contributed by atoms with Gasteiger partial charge in [-0.3, -0.25) is 0 Å². The van der Waals surface area contributed by atoms with E-state index in [1.165, 1.54) is 12.1 Å². The van der Waals surface area contributed by atoms with Gasteiger partial charge in [0.15, 0.2) is 0 Å². The van der Waals surface area contributed by atoms with Crippen LogP contribution in [0.2, 0.25) is 0 Å². The Bertz CT molecular complexity index is 456. The molecular formula is C12H11F2NOS. The molecule has 0 saturated heterocycles. The van der Waals surface area contributed by atoms with Crippen LogP contribution in [-0.4, -0.2) is 6.61 Å². The lowest BCUT2D eigenvalue weighted by Crippen LogP contribution is -2.10. The van der Waals surface area contributed by atoms with E-state index < -0.39 is 6.61 Å². The summed E-state index contributed by atoms with van der Waals surface area (Å²) in [4.78, 5) is 0. The summed E-state index contributed by atoms with van der Waals surface area (Å²) in [6.07, 6.45) is 0. The average molecular weight is 255 g/mol. The smallest absolute Gasteiger partial charge is 0.387 e. The summed E-state index contributed by atoms with van der Waals surface area (Å²) in [5.74, 6) is 0.140. The Morgan fingerprint density at radius 1 is 1.06 bits per heavy atom. The molecule has 1 aromatic heterocycles. The van der Waals surface area contributed by atoms with Gasteiger partial charge < -0.3 is 10.5 Å². The molecule has 1 heterocycles. The molecule has 0 amide bonds. The molecule has 2 N–H and O–H groups in total. The van der Waals surface area contributed by atoms with Crippen molar-refractivity contribution in [3.8, 4) is 5.75 Å². The van der Waals surface area contributed by atoms with Crippen LogP contribution >= 0.6 is 11.3 Å². The van der Waals surface area contributed by atoms with Crippen molar-refractivity contribution in [3.63, 3.8) is 0 Å². The molecule has 0 bridgehead atoms. The molecule has 90 valence electrons. The highest BCUT2D eigenvalue weighted by Crippen LogP contribution is 2.24. The molecule has 2 nitrogen and oxygen atoms in total. The molecule has 0 saturated carbocycles. The standard InChI is InChI=1S/C12H11F2NOS/c13-12(14)16-10-3-1-8(2-4-10)11(15)9-5-6-17-7-9/h1-7,11-12H,15H2. The van der Waals surface area contributed by atoms with Gasteiger partial charge in [0.25, 0.3) is 0 Å². The Balaban J connectivity index is 2.12. The van der Waals surface area contributed by atoms with Gasteiger partial charge in [0, 0.05) is 0 Å². The van der Waals surface area contributed by atoms with Gasteiger partial charge in [-0.25, -0.2) is 0 Å². The third-order valence-electron chi connectivity index (χ3n) is 2.37. The lowest BCUT2D eigenvalue weighted by Gasteiger charge is -2.11. The molecule has 0 spiro atoms. The second kappa shape index (κ2) is 5.25. The third-order valence-corrected chi connectivity index (χ3v) is 3.07. The van der Waals surface area contributed by atoms with Crippen molar-refractivity contribution < 1.29 is 13.5 Å². The number of nitrogens with two attached hydrogens (primary N) is 1. The van der Waals surface area contributed by atoms with Crippen molar-refractivity contribution in [2.24, 2.45) is 5.73 Å². The largest absolute Gasteiger partial charge is 0.435 e. The summed E-state index contributed by atoms with van der Waals surface area (Å²) in [6, 6.07) is 8.09. The summed E-state index contributed by atoms with van der Waals surface area (Å²) in [5.41, 5.74) is 7.91. The van der Waals surface area contributed by atoms with Gasteiger partial charge in [-0.15, -0.1) is 0 Å². The predicted octanol–water partition coefficient (Wildman–Crippen LogP) is 3.40. The first-order valence-corrected chi connectivity index (χ1v) is 5.93. The number of ether oxygens (including phenoxy) is 1. The maximum absolute atomic E-state index is 12.0. The molecule has 17 heavy (non-hydrogen) atoms. The molecule has 2 rings (SSSR count). The van der Waals surface area contributed by atoms with Crippen LogP contribution in [0.5, 0.6) is 5.75 Å². The van der Waals surface area contributed by atoms with Gasteiger partial charge in [0.2, 0.25) is 0 Å². The number of hydrogen-bond acceptors (Lipinski definition) is 3. The summed E-state index contributed by atoms with van der Waals surface area (Å²) in [6.45, 7) is -2.80. The Labute approximate surface area is 102 Å². The van der Waals surface area contributed by atoms with Gasteiger partial charge in [0.05, 0.1) is 6.04 Å². The van der Waals surface area contributed by atoms with Crippen molar-refractivity contribution in [3.05, 3.63) is 52.2 Å². The predicted molar refractivity (Wildman–Crippen MR) is 63.4 cm³/mol. The highest BCUT2D eigenvalue weighted by atomic mass is 32.1. The fourth-order valence-electron chi connectivity index (χ4n) is 1.50. The fraction of sp³-hybridized carbons (Fsp3) is 0.167. The fourth-order valence-corrected chi connectivity index (χ4v) is 2.20. The zero-order chi connectivity index (χ0) is 12.3. The molecule has 0 aliphatic heterocycles. The van der Waals surface area contributed by atoms with Crippen LogP contribution in [0.3, 0.4) is 0 Å². The van der Waals surface area contributed by atoms with Crippen LogP contribution in [0.1, 0.15) is 17.2 Å². The normalized spacial score (nSPS) is 12.7. The van der Waals surface area contributed by atoms with E-state index >= 15 is 0 Å². The Hall–Kier alpha value is -1.46. The maximum Gasteiger partial charge on any atom is 0.387 e. The lowest BCUT2D eigenvalue weighted by molar-refractivity contribution is -0.0498. The average Bonchev–Trinajstić information content (AvgIpc) is 2.82. The first kappa shape index (κ1) is 12.0. The van der Waals surface area contributed by atoms with E-state index in [2.05, 4.69) is 4.74 Å². The zero-order valence-corrected chi connectivity index (χ0v) is 9.66. The Morgan fingerprint density at radius 3 is 2.29 bits per heavy atom. The molecule has 1 aromatic carbocycles. The number of benzene rings is 1. The molecular weight excluding hydrogens is 244 g/mol. The van der Waals surface area contributed by atoms with E-state index in [0.29, 0.717) is 0 Å². The topological polar surface area (TPSA) is 35.2 Å². The lowest BCUT2D eigenvalue weighted by atomic mass is 10.0. The van der Waals surface area contributed by atoms with Gasteiger partial charge in [-0.2, -0.15) is 20.1 Å². The minimum Gasteiger partial charge on any atom is -0.435 e. The second-order valence-electron chi connectivity index (χ2n) is 3.48. The monoisotopic (exact) mass is 255 g/mol. The van der Waals surface area contributed by atoms with Crippen LogP contribution in [0, 0.1) is 0 Å². The van der Waals surface area contributed by atoms with Gasteiger partial charge >= 0.3 is 6.61 Å². The number of alkyl halides is 2. The van der Waals surface area contributed by atoms with Crippen LogP contribution in [0.15, 0.2) is 41.1 Å². The first-order chi connectivity index (χ1) is 8.16. The van der Waals surface area contributed by atoms with E-state index in [1.807, 2.05) is 16.8 Å². The highest BCUT2D eigenvalue weighted by molar-refractivity contribution is 7.08. The molecule has 0 fully saturated rings. The van der Waals surface area contributed by atoms with Crippen molar-refractivity contribution in [2.45, 2.75) is 12.7 Å². The molecule has 1 unspecified atom stereocenters. The van der Waals surface area contributed by atoms with Crippen molar-refractivity contribution in [2.75, 3.05) is 0 Å². The maximum atomic E-state index is 12.0. The van der Waals surface area contributed by atoms with Crippen LogP contribution < -0.4 is 10.5 Å². The Kier molecular flexibility index (Phi) is 3.71. The molecule has 0 radical (unpaired) electrons. The highest BCUT2D eigenvalue weighted by Gasteiger charge is 2.10. The summed E-state index contributed by atoms with van der Waals surface area (Å²) >= 11 is 1.57. The van der Waals surface area contributed by atoms with Gasteiger partial charge in [-0.05, 0) is 40.1 Å². The molecule has 5 heteroatoms. The minimum atomic E-state index is -2.80. The molecule has 0 aliphatic carbocycles. The van der Waals surface area contributed by atoms with Crippen molar-refractivity contribution in [1.29, 1.82) is 0 Å². The first-order valence-electron chi connectivity index (χ1n) is 4.99. The summed E-state index contributed by atoms with van der Waals surface area (Å²) < 4.78 is 28.2. The number of thiophene rings is 1. The van der Waals surface area contributed by atoms with E-state index in [0.717, 1.165) is 11.1 Å². The van der Waals surface area contributed by atoms with Crippen LogP contribution in [-0.2, 0) is 0 Å². The summed E-state index contributed by atoms with van der Waals surface area (Å²) in [7, 11) is 0. The summed E-state index contributed by atoms with van der Waals surface area (Å²) in [5, 5.41) is 3.91. The number of halogens is 2. The van der Waals surface area contributed by atoms with Crippen molar-refractivity contribution >= 4 is 11.3 Å². The molecule has 0 aliphatic rings. The van der Waals surface area contributed by atoms with Gasteiger partial charge in [0.1, 0.15) is 5.75 Å². The Morgan fingerprint density at radius 2 is 1.76 bits per heavy atom. The third kappa shape index (κ3) is 3.01. The SMILES string of the molecule is NC(c1ccc(OC(F)F)cc1)c1ccsc1. The van der Waals surface area contributed by atoms with Crippen LogP contribution in [0.4, 0.5) is 8.78 Å². The number of rotatable bonds is 4. The zero-order valence-electron chi connectivity index (χ0n) is 8.85. The second-order valence-corrected chi connectivity index (χ2v) is 4.26. The minimum absolute atomic E-state index is 0.140. The molecule has 1 atom stereocenters. The van der Waals surface area contributed by atoms with E-state index in [9.17, 15) is 8.78 Å². The van der Waals surface area contributed by atoms with E-state index in [4.69, 9.17) is 5.73 Å². The van der Waals surface area contributed by atoms with E-state index in [-0.39, 0.29) is 11.8 Å². The number of hydrogen-bond donors (Lipinski definition) is 1. The van der Waals surface area contributed by atoms with Crippen molar-refractivity contribution in [1.82, 2.24) is 0 Å². The van der Waals surface area contributed by atoms with E-state index in [1.54, 1.807) is 23.5 Å². The molecule has 2 aromatic rings. The van der Waals surface area contributed by atoms with Gasteiger partial charge in [-0.1, -0.05) is 12.1 Å². The van der Waals surface area contributed by atoms with Crippen LogP contribution in [0.25, 0.3) is 0 Å². The quantitative estimate of drug-likeness (QED) is 0.908.